The summed E-state index contributed by atoms with van der Waals surface area (Å²) in [5, 5.41) is 12.0. The Morgan fingerprint density at radius 1 is 0.556 bits per heavy atom. The number of rotatable bonds is 35. The van der Waals surface area contributed by atoms with Crippen LogP contribution in [0.1, 0.15) is 149 Å². The number of ether oxygens (including phenoxy) is 1. The minimum absolute atomic E-state index is 0.193. The quantitative estimate of drug-likeness (QED) is 0.0337. The second kappa shape index (κ2) is 40.2. The van der Waals surface area contributed by atoms with Gasteiger partial charge in [-0.25, -0.2) is 4.79 Å². The van der Waals surface area contributed by atoms with Crippen molar-refractivity contribution in [2.45, 2.75) is 161 Å². The van der Waals surface area contributed by atoms with Crippen molar-refractivity contribution in [3.63, 3.8) is 0 Å². The fourth-order valence-corrected chi connectivity index (χ4v) is 5.27. The molecular weight excluding hydrogens is 673 g/mol. The van der Waals surface area contributed by atoms with Gasteiger partial charge in [-0.15, -0.1) is 0 Å². The van der Waals surface area contributed by atoms with E-state index in [4.69, 9.17) is 10.5 Å². The Hall–Kier alpha value is -3.97. The van der Waals surface area contributed by atoms with E-state index in [9.17, 15) is 19.5 Å². The smallest absolute Gasteiger partial charge is 0.326 e. The van der Waals surface area contributed by atoms with Gasteiger partial charge in [-0.05, 0) is 122 Å². The van der Waals surface area contributed by atoms with Gasteiger partial charge < -0.3 is 20.9 Å². The maximum atomic E-state index is 12.7. The molecule has 0 aliphatic rings. The molecule has 7 nitrogen and oxygen atoms in total. The van der Waals surface area contributed by atoms with Crippen molar-refractivity contribution in [3.05, 3.63) is 109 Å². The highest BCUT2D eigenvalue weighted by Gasteiger charge is 2.19. The number of nitrogens with two attached hydrogens (primary N) is 1. The van der Waals surface area contributed by atoms with Gasteiger partial charge in [0.05, 0.1) is 0 Å². The molecule has 54 heavy (non-hydrogen) atoms. The Balaban J connectivity index is 4.62. The molecule has 0 fully saturated rings. The Morgan fingerprint density at radius 2 is 1.02 bits per heavy atom. The third-order valence-electron chi connectivity index (χ3n) is 8.32. The summed E-state index contributed by atoms with van der Waals surface area (Å²) >= 11 is 0. The molecule has 0 radical (unpaired) electrons. The Labute approximate surface area is 329 Å². The minimum atomic E-state index is -1.05. The van der Waals surface area contributed by atoms with E-state index in [0.29, 0.717) is 45.1 Å². The first-order valence-corrected chi connectivity index (χ1v) is 20.7. The van der Waals surface area contributed by atoms with E-state index in [0.717, 1.165) is 89.9 Å². The predicted octanol–water partition coefficient (Wildman–Crippen LogP) is 11.7. The highest BCUT2D eigenvalue weighted by atomic mass is 16.5. The van der Waals surface area contributed by atoms with Crippen LogP contribution >= 0.6 is 0 Å². The van der Waals surface area contributed by atoms with Crippen molar-refractivity contribution in [1.29, 1.82) is 0 Å². The molecule has 0 spiro atoms. The molecule has 0 aromatic rings. The molecular formula is C47H74N2O5. The van der Waals surface area contributed by atoms with Gasteiger partial charge in [0.15, 0.2) is 0 Å². The number of unbranched alkanes of at least 4 members (excludes halogenated alkanes) is 5. The lowest BCUT2D eigenvalue weighted by Gasteiger charge is -2.16. The molecule has 2 unspecified atom stereocenters. The van der Waals surface area contributed by atoms with Gasteiger partial charge >= 0.3 is 11.9 Å². The number of esters is 1. The molecule has 0 aliphatic heterocycles. The summed E-state index contributed by atoms with van der Waals surface area (Å²) in [4.78, 5) is 36.5. The Bertz CT molecular complexity index is 1200. The number of hydrogen-bond acceptors (Lipinski definition) is 5. The van der Waals surface area contributed by atoms with E-state index in [1.807, 2.05) is 12.2 Å². The van der Waals surface area contributed by atoms with Crippen LogP contribution < -0.4 is 11.1 Å². The lowest BCUT2D eigenvalue weighted by molar-refractivity contribution is -0.147. The average Bonchev–Trinajstić information content (AvgIpc) is 3.16. The standard InChI is InChI=1S/C47H74N2O5/c1-3-5-7-9-11-13-15-17-19-20-21-23-25-27-29-31-33-41-46(51)54-43(38-34-35-40-45(50)49-44(47(52)53)39-36-42-48)37-32-30-28-26-24-22-18-16-14-12-10-8-6-4-2/h5-8,11-14,17-19,21-23,26,28,32,37,43-44H,3-4,9-10,15-16,20,24-25,27,29-31,33-36,38-42,48H2,1-2H3,(H,49,50)(H,52,53)/b7-5-,8-6-,13-11-,14-12-,19-17-,22-18-,23-21-,28-26-,37-32-. The lowest BCUT2D eigenvalue weighted by Crippen LogP contribution is -2.40. The molecule has 7 heteroatoms. The van der Waals surface area contributed by atoms with Crippen LogP contribution in [-0.4, -0.2) is 41.6 Å². The molecule has 0 aromatic carbocycles. The van der Waals surface area contributed by atoms with E-state index in [1.54, 1.807) is 0 Å². The van der Waals surface area contributed by atoms with Crippen LogP contribution in [-0.2, 0) is 19.1 Å². The van der Waals surface area contributed by atoms with Crippen molar-refractivity contribution >= 4 is 17.8 Å². The predicted molar refractivity (Wildman–Crippen MR) is 229 cm³/mol. The van der Waals surface area contributed by atoms with Gasteiger partial charge in [-0.2, -0.15) is 0 Å². The van der Waals surface area contributed by atoms with Crippen LogP contribution in [0.3, 0.4) is 0 Å². The van der Waals surface area contributed by atoms with Gasteiger partial charge in [-0.3, -0.25) is 9.59 Å². The Kier molecular flexibility index (Phi) is 37.3. The first-order chi connectivity index (χ1) is 26.4. The maximum Gasteiger partial charge on any atom is 0.326 e. The summed E-state index contributed by atoms with van der Waals surface area (Å²) in [7, 11) is 0. The zero-order chi connectivity index (χ0) is 39.6. The molecule has 0 aliphatic carbocycles. The largest absolute Gasteiger partial charge is 0.480 e. The van der Waals surface area contributed by atoms with E-state index < -0.39 is 12.0 Å². The second-order valence-corrected chi connectivity index (χ2v) is 13.3. The zero-order valence-corrected chi connectivity index (χ0v) is 33.8. The maximum absolute atomic E-state index is 12.7. The molecule has 0 saturated heterocycles. The van der Waals surface area contributed by atoms with Crippen molar-refractivity contribution in [3.8, 4) is 0 Å². The Morgan fingerprint density at radius 3 is 1.52 bits per heavy atom. The number of carboxylic acid groups (broad SMARTS) is 1. The van der Waals surface area contributed by atoms with Gasteiger partial charge in [0.25, 0.3) is 0 Å². The van der Waals surface area contributed by atoms with Crippen LogP contribution in [0, 0.1) is 0 Å². The molecule has 0 rings (SSSR count). The van der Waals surface area contributed by atoms with Gasteiger partial charge in [0.2, 0.25) is 5.91 Å². The van der Waals surface area contributed by atoms with E-state index in [2.05, 4.69) is 116 Å². The second-order valence-electron chi connectivity index (χ2n) is 13.3. The third-order valence-corrected chi connectivity index (χ3v) is 8.32. The molecule has 2 atom stereocenters. The van der Waals surface area contributed by atoms with Gasteiger partial charge in [0.1, 0.15) is 12.1 Å². The molecule has 0 bridgehead atoms. The summed E-state index contributed by atoms with van der Waals surface area (Å²) in [5.74, 6) is -1.53. The number of amides is 1. The molecule has 0 heterocycles. The van der Waals surface area contributed by atoms with Crippen LogP contribution in [0.5, 0.6) is 0 Å². The minimum Gasteiger partial charge on any atom is -0.480 e. The van der Waals surface area contributed by atoms with E-state index >= 15 is 0 Å². The fourth-order valence-electron chi connectivity index (χ4n) is 5.27. The number of nitrogens with one attached hydrogen (secondary N) is 1. The third kappa shape index (κ3) is 36.4. The first-order valence-electron chi connectivity index (χ1n) is 20.7. The van der Waals surface area contributed by atoms with Crippen molar-refractivity contribution in [2.75, 3.05) is 6.54 Å². The average molecular weight is 747 g/mol. The van der Waals surface area contributed by atoms with Crippen molar-refractivity contribution in [1.82, 2.24) is 5.32 Å². The number of aliphatic carboxylic acids is 1. The van der Waals surface area contributed by atoms with Crippen molar-refractivity contribution in [2.24, 2.45) is 5.73 Å². The number of allylic oxidation sites excluding steroid dienone is 17. The van der Waals surface area contributed by atoms with Crippen molar-refractivity contribution < 1.29 is 24.2 Å². The fraction of sp³-hybridized carbons (Fsp3) is 0.553. The SMILES string of the molecule is CC/C=C\C/C=C\C/C=C\C/C=C\C/C=C\C(CCCCC(=O)NC(CCCN)C(=O)O)OC(=O)CCCCCC/C=C\C/C=C\C/C=C\C/C=C\CC. The summed E-state index contributed by atoms with van der Waals surface area (Å²) in [5.41, 5.74) is 5.49. The summed E-state index contributed by atoms with van der Waals surface area (Å²) in [6, 6.07) is -0.921. The van der Waals surface area contributed by atoms with Crippen LogP contribution in [0.25, 0.3) is 0 Å². The highest BCUT2D eigenvalue weighted by Crippen LogP contribution is 2.13. The number of carbonyl (C=O) groups excluding carboxylic acids is 2. The molecule has 1 amide bonds. The van der Waals surface area contributed by atoms with Gasteiger partial charge in [0, 0.05) is 12.8 Å². The van der Waals surface area contributed by atoms with E-state index in [-0.39, 0.29) is 24.4 Å². The van der Waals surface area contributed by atoms with Crippen LogP contribution in [0.4, 0.5) is 0 Å². The topological polar surface area (TPSA) is 119 Å². The summed E-state index contributed by atoms with van der Waals surface area (Å²) in [6.07, 6.45) is 55.6. The number of carboxylic acids is 1. The monoisotopic (exact) mass is 747 g/mol. The van der Waals surface area contributed by atoms with E-state index in [1.165, 1.54) is 0 Å². The van der Waals surface area contributed by atoms with Gasteiger partial charge in [-0.1, -0.05) is 130 Å². The number of hydrogen-bond donors (Lipinski definition) is 3. The molecule has 4 N–H and O–H groups in total. The first kappa shape index (κ1) is 50.0. The molecule has 0 saturated carbocycles. The van der Waals surface area contributed by atoms with Crippen LogP contribution in [0.2, 0.25) is 0 Å². The summed E-state index contributed by atoms with van der Waals surface area (Å²) < 4.78 is 5.85. The lowest BCUT2D eigenvalue weighted by atomic mass is 10.1. The number of carbonyl (C=O) groups is 3. The normalized spacial score (nSPS) is 13.8. The molecule has 0 aromatic heterocycles. The zero-order valence-electron chi connectivity index (χ0n) is 33.8. The summed E-state index contributed by atoms with van der Waals surface area (Å²) in [6.45, 7) is 4.66. The van der Waals surface area contributed by atoms with Crippen LogP contribution in [0.15, 0.2) is 109 Å². The highest BCUT2D eigenvalue weighted by molar-refractivity contribution is 5.83. The molecule has 302 valence electrons.